The molecule has 14 heavy (non-hydrogen) atoms. The highest BCUT2D eigenvalue weighted by Gasteiger charge is 2.18. The molecule has 0 saturated carbocycles. The predicted molar refractivity (Wildman–Crippen MR) is 55.1 cm³/mol. The summed E-state index contributed by atoms with van der Waals surface area (Å²) >= 11 is 6.62. The van der Waals surface area contributed by atoms with Gasteiger partial charge in [-0.1, -0.05) is 0 Å². The first kappa shape index (κ1) is 11.0. The van der Waals surface area contributed by atoms with E-state index in [1.807, 2.05) is 6.26 Å². The van der Waals surface area contributed by atoms with Crippen molar-refractivity contribution in [2.45, 2.75) is 4.90 Å². The Bertz CT molecular complexity index is 394. The van der Waals surface area contributed by atoms with Crippen molar-refractivity contribution in [3.8, 4) is 0 Å². The quantitative estimate of drug-likeness (QED) is 0.347. The average Bonchev–Trinajstić information content (AvgIpc) is 2.16. The summed E-state index contributed by atoms with van der Waals surface area (Å²) in [5.41, 5.74) is -0.327. The largest absolute Gasteiger partial charge is 0.281 e. The van der Waals surface area contributed by atoms with Crippen molar-refractivity contribution in [1.82, 2.24) is 0 Å². The van der Waals surface area contributed by atoms with Crippen LogP contribution in [0.1, 0.15) is 10.4 Å². The number of hydrogen-bond acceptors (Lipinski definition) is 4. The Morgan fingerprint density at radius 2 is 2.21 bits per heavy atom. The number of nitro groups is 1. The number of rotatable bonds is 3. The van der Waals surface area contributed by atoms with Gasteiger partial charge in [0.05, 0.1) is 4.92 Å². The Balaban J connectivity index is 3.31. The maximum atomic E-state index is 10.9. The van der Waals surface area contributed by atoms with Crippen LogP contribution in [0.5, 0.6) is 0 Å². The summed E-state index contributed by atoms with van der Waals surface area (Å²) in [5.74, 6) is 0. The van der Waals surface area contributed by atoms with Crippen LogP contribution in [-0.4, -0.2) is 16.4 Å². The summed E-state index contributed by atoms with van der Waals surface area (Å²) in [5, 5.41) is 9.70. The Kier molecular flexibility index (Phi) is 3.49. The topological polar surface area (TPSA) is 60.2 Å². The second-order valence-electron chi connectivity index (χ2n) is 2.41. The molecular weight excluding hydrogens is 226 g/mol. The number of nitro benzene ring substituents is 1. The highest BCUT2D eigenvalue weighted by molar-refractivity contribution is 7.98. The first-order valence-corrected chi connectivity index (χ1v) is 5.18. The van der Waals surface area contributed by atoms with Crippen molar-refractivity contribution < 1.29 is 9.72 Å². The number of benzene rings is 1. The zero-order valence-electron chi connectivity index (χ0n) is 7.19. The lowest BCUT2D eigenvalue weighted by Crippen LogP contribution is -1.98. The fourth-order valence-corrected chi connectivity index (χ4v) is 1.55. The van der Waals surface area contributed by atoms with E-state index < -0.39 is 10.2 Å². The monoisotopic (exact) mass is 231 g/mol. The van der Waals surface area contributed by atoms with Crippen molar-refractivity contribution in [1.29, 1.82) is 0 Å². The van der Waals surface area contributed by atoms with Crippen molar-refractivity contribution in [2.24, 2.45) is 0 Å². The van der Waals surface area contributed by atoms with Gasteiger partial charge in [-0.25, -0.2) is 0 Å². The molecule has 0 saturated heterocycles. The van der Waals surface area contributed by atoms with Gasteiger partial charge in [-0.05, 0) is 30.0 Å². The summed E-state index contributed by atoms with van der Waals surface area (Å²) in [6.45, 7) is 0. The third kappa shape index (κ3) is 2.24. The van der Waals surface area contributed by atoms with E-state index in [0.29, 0.717) is 0 Å². The second-order valence-corrected chi connectivity index (χ2v) is 3.64. The molecule has 0 radical (unpaired) electrons. The smallest absolute Gasteiger partial charge is 0.275 e. The van der Waals surface area contributed by atoms with Crippen molar-refractivity contribution in [3.05, 3.63) is 33.9 Å². The Morgan fingerprint density at radius 3 is 2.64 bits per heavy atom. The third-order valence-corrected chi connectivity index (χ3v) is 2.54. The molecule has 0 fully saturated rings. The van der Waals surface area contributed by atoms with Gasteiger partial charge >= 0.3 is 0 Å². The minimum Gasteiger partial charge on any atom is -0.275 e. The SMILES string of the molecule is CSc1ccc([N+](=O)[O-])c(C(=O)Cl)c1. The van der Waals surface area contributed by atoms with Gasteiger partial charge in [0.1, 0.15) is 5.56 Å². The van der Waals surface area contributed by atoms with Crippen molar-refractivity contribution in [2.75, 3.05) is 6.26 Å². The van der Waals surface area contributed by atoms with E-state index in [9.17, 15) is 14.9 Å². The van der Waals surface area contributed by atoms with Crippen LogP contribution in [0.15, 0.2) is 23.1 Å². The molecule has 0 aliphatic heterocycles. The molecule has 1 aromatic carbocycles. The lowest BCUT2D eigenvalue weighted by molar-refractivity contribution is -0.385. The molecule has 1 aromatic rings. The van der Waals surface area contributed by atoms with E-state index in [-0.39, 0.29) is 11.3 Å². The van der Waals surface area contributed by atoms with Crippen LogP contribution < -0.4 is 0 Å². The lowest BCUT2D eigenvalue weighted by atomic mass is 10.2. The van der Waals surface area contributed by atoms with Crippen molar-refractivity contribution >= 4 is 34.3 Å². The fraction of sp³-hybridized carbons (Fsp3) is 0.125. The molecule has 0 atom stereocenters. The molecule has 0 spiro atoms. The highest BCUT2D eigenvalue weighted by atomic mass is 35.5. The van der Waals surface area contributed by atoms with E-state index in [4.69, 9.17) is 11.6 Å². The van der Waals surface area contributed by atoms with Gasteiger partial charge in [-0.3, -0.25) is 14.9 Å². The summed E-state index contributed by atoms with van der Waals surface area (Å²) < 4.78 is 0. The molecule has 0 amide bonds. The molecule has 0 bridgehead atoms. The van der Waals surface area contributed by atoms with E-state index in [1.54, 1.807) is 6.07 Å². The summed E-state index contributed by atoms with van der Waals surface area (Å²) in [6.07, 6.45) is 1.81. The van der Waals surface area contributed by atoms with Gasteiger partial charge in [-0.2, -0.15) is 0 Å². The van der Waals surface area contributed by atoms with E-state index in [2.05, 4.69) is 0 Å². The van der Waals surface area contributed by atoms with Gasteiger partial charge in [-0.15, -0.1) is 11.8 Å². The number of halogens is 1. The zero-order chi connectivity index (χ0) is 10.7. The average molecular weight is 232 g/mol. The lowest BCUT2D eigenvalue weighted by Gasteiger charge is -2.00. The van der Waals surface area contributed by atoms with Crippen LogP contribution in [0.4, 0.5) is 5.69 Å². The molecule has 6 heteroatoms. The number of carbonyl (C=O) groups is 1. The van der Waals surface area contributed by atoms with Gasteiger partial charge in [0, 0.05) is 11.0 Å². The van der Waals surface area contributed by atoms with Crippen molar-refractivity contribution in [3.63, 3.8) is 0 Å². The maximum absolute atomic E-state index is 10.9. The number of thioether (sulfide) groups is 1. The summed E-state index contributed by atoms with van der Waals surface area (Å²) in [7, 11) is 0. The number of hydrogen-bond donors (Lipinski definition) is 0. The van der Waals surface area contributed by atoms with Crippen LogP contribution in [0.3, 0.4) is 0 Å². The van der Waals surface area contributed by atoms with Crippen LogP contribution >= 0.6 is 23.4 Å². The molecule has 0 unspecified atom stereocenters. The minimum atomic E-state index is -0.812. The molecule has 74 valence electrons. The zero-order valence-corrected chi connectivity index (χ0v) is 8.76. The van der Waals surface area contributed by atoms with Gasteiger partial charge in [0.15, 0.2) is 0 Å². The van der Waals surface area contributed by atoms with E-state index >= 15 is 0 Å². The van der Waals surface area contributed by atoms with E-state index in [0.717, 1.165) is 4.90 Å². The summed E-state index contributed by atoms with van der Waals surface area (Å²) in [6, 6.07) is 4.27. The highest BCUT2D eigenvalue weighted by Crippen LogP contribution is 2.25. The number of nitrogens with zero attached hydrogens (tertiary/aromatic N) is 1. The predicted octanol–water partition coefficient (Wildman–Crippen LogP) is 2.70. The normalized spacial score (nSPS) is 9.86. The van der Waals surface area contributed by atoms with Gasteiger partial charge in [0.25, 0.3) is 10.9 Å². The molecular formula is C8H6ClNO3S. The number of carbonyl (C=O) groups excluding carboxylic acids is 1. The molecule has 4 nitrogen and oxygen atoms in total. The molecule has 0 heterocycles. The Labute approximate surface area is 89.4 Å². The standard InChI is InChI=1S/C8H6ClNO3S/c1-14-5-2-3-7(10(12)13)6(4-5)8(9)11/h2-4H,1H3. The first-order valence-electron chi connectivity index (χ1n) is 3.58. The Morgan fingerprint density at radius 1 is 1.57 bits per heavy atom. The molecule has 0 aromatic heterocycles. The Hall–Kier alpha value is -1.07. The maximum Gasteiger partial charge on any atom is 0.281 e. The fourth-order valence-electron chi connectivity index (χ4n) is 0.959. The summed E-state index contributed by atoms with van der Waals surface area (Å²) in [4.78, 5) is 21.5. The first-order chi connectivity index (χ1) is 6.56. The molecule has 0 aliphatic rings. The van der Waals surface area contributed by atoms with E-state index in [1.165, 1.54) is 23.9 Å². The van der Waals surface area contributed by atoms with Crippen LogP contribution in [0.25, 0.3) is 0 Å². The molecule has 1 rings (SSSR count). The molecule has 0 aliphatic carbocycles. The van der Waals surface area contributed by atoms with Crippen LogP contribution in [0.2, 0.25) is 0 Å². The van der Waals surface area contributed by atoms with Gasteiger partial charge < -0.3 is 0 Å². The van der Waals surface area contributed by atoms with Crippen LogP contribution in [0, 0.1) is 10.1 Å². The molecule has 0 N–H and O–H groups in total. The minimum absolute atomic E-state index is 0.0662. The van der Waals surface area contributed by atoms with Gasteiger partial charge in [0.2, 0.25) is 0 Å². The second kappa shape index (κ2) is 4.43. The third-order valence-electron chi connectivity index (χ3n) is 1.61. The van der Waals surface area contributed by atoms with Crippen LogP contribution in [-0.2, 0) is 0 Å².